The minimum absolute atomic E-state index is 0.0753. The van der Waals surface area contributed by atoms with Gasteiger partial charge >= 0.3 is 0 Å². The molecule has 1 aliphatic rings. The van der Waals surface area contributed by atoms with Gasteiger partial charge in [0.2, 0.25) is 5.90 Å². The van der Waals surface area contributed by atoms with Crippen molar-refractivity contribution < 1.29 is 24.1 Å². The molecular formula is C32H38BrN3O5. The molecular weight excluding hydrogens is 586 g/mol. The second kappa shape index (κ2) is 15.1. The van der Waals surface area contributed by atoms with E-state index in [1.165, 1.54) is 0 Å². The standard InChI is InChI=1S/C32H38BrN3O5/c1-23(2)39-20-8-18-34-36-31(38)32(22-26-12-6-7-13-28(26)33)29(24-10-4-3-5-11-24)41-30(35-32)25-14-16-27(17-15-25)40-21-9-19-37/h3-7,10-17,23,29,34,37H,8-9,18-22H2,1-2H3,(H,36,38)/t29-,32-/m0/s1. The highest BCUT2D eigenvalue weighted by Gasteiger charge is 2.53. The van der Waals surface area contributed by atoms with Gasteiger partial charge < -0.3 is 19.3 Å². The molecule has 0 radical (unpaired) electrons. The summed E-state index contributed by atoms with van der Waals surface area (Å²) in [6, 6.07) is 25.0. The number of carbonyl (C=O) groups excluding carboxylic acids is 1. The fraction of sp³-hybridized carbons (Fsp3) is 0.375. The Balaban J connectivity index is 1.66. The van der Waals surface area contributed by atoms with Gasteiger partial charge in [0, 0.05) is 42.6 Å². The predicted octanol–water partition coefficient (Wildman–Crippen LogP) is 5.15. The molecule has 0 spiro atoms. The quantitative estimate of drug-likeness (QED) is 0.160. The third-order valence-corrected chi connectivity index (χ3v) is 7.42. The number of rotatable bonds is 15. The Bertz CT molecular complexity index is 1290. The number of hydrogen-bond donors (Lipinski definition) is 3. The number of halogens is 1. The number of aliphatic imine (C=N–C) groups is 1. The van der Waals surface area contributed by atoms with E-state index in [0.29, 0.717) is 44.2 Å². The zero-order chi connectivity index (χ0) is 29.1. The van der Waals surface area contributed by atoms with Crippen LogP contribution in [0.2, 0.25) is 0 Å². The summed E-state index contributed by atoms with van der Waals surface area (Å²) in [6.07, 6.45) is 1.10. The van der Waals surface area contributed by atoms with E-state index in [0.717, 1.165) is 27.6 Å². The molecule has 0 fully saturated rings. The van der Waals surface area contributed by atoms with E-state index in [4.69, 9.17) is 24.3 Å². The zero-order valence-corrected chi connectivity index (χ0v) is 25.1. The van der Waals surface area contributed by atoms with Crippen LogP contribution in [0.3, 0.4) is 0 Å². The van der Waals surface area contributed by atoms with Crippen molar-refractivity contribution in [3.8, 4) is 5.75 Å². The maximum Gasteiger partial charge on any atom is 0.266 e. The molecule has 0 saturated heterocycles. The molecule has 9 heteroatoms. The molecule has 1 amide bonds. The topological polar surface area (TPSA) is 101 Å². The van der Waals surface area contributed by atoms with Crippen molar-refractivity contribution in [3.63, 3.8) is 0 Å². The Morgan fingerprint density at radius 3 is 2.46 bits per heavy atom. The van der Waals surface area contributed by atoms with Gasteiger partial charge in [-0.3, -0.25) is 10.2 Å². The van der Waals surface area contributed by atoms with Crippen LogP contribution in [0.15, 0.2) is 88.3 Å². The largest absolute Gasteiger partial charge is 0.494 e. The number of amides is 1. The summed E-state index contributed by atoms with van der Waals surface area (Å²) in [5, 5.41) is 9.02. The van der Waals surface area contributed by atoms with Gasteiger partial charge in [0.25, 0.3) is 5.91 Å². The normalized spacial score (nSPS) is 18.2. The highest BCUT2D eigenvalue weighted by atomic mass is 79.9. The number of aliphatic hydroxyl groups is 1. The van der Waals surface area contributed by atoms with Crippen LogP contribution >= 0.6 is 15.9 Å². The first-order chi connectivity index (χ1) is 19.9. The lowest BCUT2D eigenvalue weighted by atomic mass is 9.82. The van der Waals surface area contributed by atoms with Gasteiger partial charge in [-0.2, -0.15) is 0 Å². The second-order valence-corrected chi connectivity index (χ2v) is 11.0. The Morgan fingerprint density at radius 2 is 1.76 bits per heavy atom. The van der Waals surface area contributed by atoms with Gasteiger partial charge in [0.05, 0.1) is 12.7 Å². The third-order valence-electron chi connectivity index (χ3n) is 6.65. The van der Waals surface area contributed by atoms with Crippen LogP contribution in [0.25, 0.3) is 0 Å². The average molecular weight is 625 g/mol. The lowest BCUT2D eigenvalue weighted by molar-refractivity contribution is -0.130. The first-order valence-electron chi connectivity index (χ1n) is 14.0. The predicted molar refractivity (Wildman–Crippen MR) is 163 cm³/mol. The number of nitrogens with zero attached hydrogens (tertiary/aromatic N) is 1. The van der Waals surface area contributed by atoms with E-state index in [1.54, 1.807) is 0 Å². The van der Waals surface area contributed by atoms with Gasteiger partial charge in [-0.05, 0) is 61.7 Å². The van der Waals surface area contributed by atoms with Crippen LogP contribution < -0.4 is 15.6 Å². The van der Waals surface area contributed by atoms with Gasteiger partial charge in [0.15, 0.2) is 11.6 Å². The molecule has 1 aliphatic heterocycles. The number of hydrazine groups is 1. The third kappa shape index (κ3) is 8.16. The van der Waals surface area contributed by atoms with Crippen molar-refractivity contribution in [3.05, 3.63) is 100 Å². The van der Waals surface area contributed by atoms with E-state index in [-0.39, 0.29) is 18.6 Å². The fourth-order valence-corrected chi connectivity index (χ4v) is 5.00. The van der Waals surface area contributed by atoms with Crippen LogP contribution in [-0.4, -0.2) is 54.9 Å². The monoisotopic (exact) mass is 623 g/mol. The lowest BCUT2D eigenvalue weighted by Crippen LogP contribution is -2.54. The van der Waals surface area contributed by atoms with Gasteiger partial charge in [-0.15, -0.1) is 0 Å². The molecule has 218 valence electrons. The maximum absolute atomic E-state index is 14.1. The van der Waals surface area contributed by atoms with Crippen molar-refractivity contribution in [2.24, 2.45) is 4.99 Å². The molecule has 0 saturated carbocycles. The summed E-state index contributed by atoms with van der Waals surface area (Å²) in [5.41, 5.74) is 7.22. The highest BCUT2D eigenvalue weighted by Crippen LogP contribution is 2.43. The SMILES string of the molecule is CC(C)OCCCNNC(=O)[C@@]1(Cc2ccccc2Br)N=C(c2ccc(OCCCO)cc2)O[C@H]1c1ccccc1. The summed E-state index contributed by atoms with van der Waals surface area (Å²) in [4.78, 5) is 19.2. The zero-order valence-electron chi connectivity index (χ0n) is 23.5. The van der Waals surface area contributed by atoms with Crippen LogP contribution in [0.5, 0.6) is 5.75 Å². The van der Waals surface area contributed by atoms with Crippen molar-refractivity contribution in [2.45, 2.75) is 50.9 Å². The van der Waals surface area contributed by atoms with Gasteiger partial charge in [0.1, 0.15) is 5.75 Å². The van der Waals surface area contributed by atoms with Crippen molar-refractivity contribution >= 4 is 27.7 Å². The van der Waals surface area contributed by atoms with Crippen LogP contribution in [0.4, 0.5) is 0 Å². The van der Waals surface area contributed by atoms with E-state index in [1.807, 2.05) is 92.7 Å². The molecule has 0 aliphatic carbocycles. The smallest absolute Gasteiger partial charge is 0.266 e. The first kappa shape index (κ1) is 30.7. The summed E-state index contributed by atoms with van der Waals surface area (Å²) >= 11 is 3.66. The van der Waals surface area contributed by atoms with E-state index < -0.39 is 11.6 Å². The number of hydrogen-bond acceptors (Lipinski definition) is 7. The van der Waals surface area contributed by atoms with E-state index >= 15 is 0 Å². The minimum atomic E-state index is -1.29. The summed E-state index contributed by atoms with van der Waals surface area (Å²) in [7, 11) is 0. The van der Waals surface area contributed by atoms with E-state index in [2.05, 4.69) is 26.8 Å². The molecule has 0 unspecified atom stereocenters. The van der Waals surface area contributed by atoms with Crippen molar-refractivity contribution in [1.82, 2.24) is 10.9 Å². The number of benzene rings is 3. The molecule has 0 bridgehead atoms. The molecule has 4 rings (SSSR count). The first-order valence-corrected chi connectivity index (χ1v) is 14.8. The highest BCUT2D eigenvalue weighted by molar-refractivity contribution is 9.10. The molecule has 2 atom stereocenters. The molecule has 1 heterocycles. The Hall–Kier alpha value is -3.24. The number of aliphatic hydroxyl groups excluding tert-OH is 1. The molecule has 3 aromatic rings. The molecule has 3 aromatic carbocycles. The Morgan fingerprint density at radius 1 is 1.02 bits per heavy atom. The molecule has 8 nitrogen and oxygen atoms in total. The van der Waals surface area contributed by atoms with Gasteiger partial charge in [-0.25, -0.2) is 10.4 Å². The Labute approximate surface area is 250 Å². The molecule has 41 heavy (non-hydrogen) atoms. The van der Waals surface area contributed by atoms with Crippen molar-refractivity contribution in [1.29, 1.82) is 0 Å². The number of nitrogens with one attached hydrogen (secondary N) is 2. The Kier molecular flexibility index (Phi) is 11.3. The minimum Gasteiger partial charge on any atom is -0.494 e. The van der Waals surface area contributed by atoms with Crippen LogP contribution in [-0.2, 0) is 20.7 Å². The van der Waals surface area contributed by atoms with E-state index in [9.17, 15) is 4.79 Å². The summed E-state index contributed by atoms with van der Waals surface area (Å²) in [6.45, 7) is 5.64. The average Bonchev–Trinajstić information content (AvgIpc) is 3.37. The summed E-state index contributed by atoms with van der Waals surface area (Å²) < 4.78 is 18.7. The van der Waals surface area contributed by atoms with Crippen LogP contribution in [0, 0.1) is 0 Å². The molecule has 3 N–H and O–H groups in total. The summed E-state index contributed by atoms with van der Waals surface area (Å²) in [5.74, 6) is 0.780. The second-order valence-electron chi connectivity index (χ2n) is 10.1. The number of ether oxygens (including phenoxy) is 3. The fourth-order valence-electron chi connectivity index (χ4n) is 4.57. The van der Waals surface area contributed by atoms with Crippen molar-refractivity contribution in [2.75, 3.05) is 26.4 Å². The van der Waals surface area contributed by atoms with Gasteiger partial charge in [-0.1, -0.05) is 64.5 Å². The molecule has 0 aromatic heterocycles. The lowest BCUT2D eigenvalue weighted by Gasteiger charge is -2.31. The number of carbonyl (C=O) groups is 1. The van der Waals surface area contributed by atoms with Crippen LogP contribution in [0.1, 0.15) is 49.5 Å². The maximum atomic E-state index is 14.1.